The molecule has 0 aromatic carbocycles. The van der Waals surface area contributed by atoms with Crippen molar-refractivity contribution >= 4 is 28.0 Å². The van der Waals surface area contributed by atoms with E-state index in [1.54, 1.807) is 0 Å². The summed E-state index contributed by atoms with van der Waals surface area (Å²) in [6.45, 7) is 11.5. The van der Waals surface area contributed by atoms with Crippen molar-refractivity contribution in [1.82, 2.24) is 0 Å². The van der Waals surface area contributed by atoms with E-state index in [0.717, 1.165) is 19.3 Å². The number of hydrogen-bond donors (Lipinski definition) is 1. The van der Waals surface area contributed by atoms with Gasteiger partial charge in [-0.1, -0.05) is 45.8 Å². The molecule has 0 aromatic heterocycles. The van der Waals surface area contributed by atoms with E-state index in [-0.39, 0.29) is 48.6 Å². The van der Waals surface area contributed by atoms with Crippen LogP contribution in [0, 0.1) is 5.41 Å². The summed E-state index contributed by atoms with van der Waals surface area (Å²) < 4.78 is 47.1. The molecule has 0 rings (SSSR count). The molecule has 1 atom stereocenters. The summed E-state index contributed by atoms with van der Waals surface area (Å²) >= 11 is 0. The van der Waals surface area contributed by atoms with Gasteiger partial charge in [-0.15, -0.1) is 0 Å². The Labute approximate surface area is 214 Å². The normalized spacial score (nSPS) is 12.2. The van der Waals surface area contributed by atoms with Gasteiger partial charge in [0.2, 0.25) is 0 Å². The molecular formula is C21H35NaO9S. The molecule has 180 valence electrons. The zero-order valence-electron chi connectivity index (χ0n) is 20.8. The quantitative estimate of drug-likeness (QED) is 0.0855. The molecular weight excluding hydrogens is 451 g/mol. The van der Waals surface area contributed by atoms with Crippen molar-refractivity contribution in [2.45, 2.75) is 65.0 Å². The molecule has 0 spiro atoms. The molecule has 0 bridgehead atoms. The number of ether oxygens (including phenoxy) is 3. The number of esters is 3. The minimum Gasteiger partial charge on any atom is -1.00 e. The third-order valence-corrected chi connectivity index (χ3v) is 5.71. The van der Waals surface area contributed by atoms with Crippen molar-refractivity contribution in [2.75, 3.05) is 19.8 Å². The van der Waals surface area contributed by atoms with Gasteiger partial charge in [-0.25, -0.2) is 9.59 Å². The van der Waals surface area contributed by atoms with E-state index in [2.05, 4.69) is 13.2 Å². The molecule has 0 aliphatic rings. The maximum Gasteiger partial charge on any atom is 1.00 e. The van der Waals surface area contributed by atoms with Crippen molar-refractivity contribution < 1.29 is 72.5 Å². The Bertz CT molecular complexity index is 751. The van der Waals surface area contributed by atoms with Gasteiger partial charge in [-0.05, 0) is 27.2 Å². The summed E-state index contributed by atoms with van der Waals surface area (Å²) in [6.07, 6.45) is 3.33. The minimum atomic E-state index is -4.41. The van der Waals surface area contributed by atoms with Gasteiger partial charge in [0.05, 0.1) is 0 Å². The summed E-state index contributed by atoms with van der Waals surface area (Å²) in [5.74, 6) is -2.37. The Kier molecular flexibility index (Phi) is 16.1. The van der Waals surface area contributed by atoms with Gasteiger partial charge in [0.1, 0.15) is 30.5 Å². The zero-order chi connectivity index (χ0) is 24.2. The van der Waals surface area contributed by atoms with Crippen LogP contribution in [0.5, 0.6) is 0 Å². The van der Waals surface area contributed by atoms with E-state index in [4.69, 9.17) is 18.8 Å². The fourth-order valence-corrected chi connectivity index (χ4v) is 2.62. The van der Waals surface area contributed by atoms with Crippen LogP contribution in [-0.4, -0.2) is 55.9 Å². The van der Waals surface area contributed by atoms with Crippen LogP contribution in [0.3, 0.4) is 0 Å². The molecule has 0 aliphatic heterocycles. The number of hydrogen-bond acceptors (Lipinski definition) is 8. The molecule has 9 nitrogen and oxygen atoms in total. The second kappa shape index (κ2) is 15.6. The number of rotatable bonds is 15. The molecule has 11 heteroatoms. The predicted octanol–water partition coefficient (Wildman–Crippen LogP) is 0.118. The van der Waals surface area contributed by atoms with Gasteiger partial charge in [0.25, 0.3) is 10.1 Å². The van der Waals surface area contributed by atoms with Gasteiger partial charge in [0, 0.05) is 11.1 Å². The van der Waals surface area contributed by atoms with Crippen LogP contribution in [0.25, 0.3) is 0 Å². The van der Waals surface area contributed by atoms with Crippen LogP contribution in [0.2, 0.25) is 0 Å². The van der Waals surface area contributed by atoms with Crippen molar-refractivity contribution in [2.24, 2.45) is 5.41 Å². The first kappa shape index (κ1) is 33.0. The largest absolute Gasteiger partial charge is 1.00 e. The predicted molar refractivity (Wildman–Crippen MR) is 116 cm³/mol. The van der Waals surface area contributed by atoms with Crippen LogP contribution < -0.4 is 29.6 Å². The maximum absolute atomic E-state index is 13.0. The minimum absolute atomic E-state index is 0. The molecule has 0 radical (unpaired) electrons. The number of carbonyl (C=O) groups excluding carboxylic acids is 3. The summed E-state index contributed by atoms with van der Waals surface area (Å²) in [7, 11) is -4.41. The van der Waals surface area contributed by atoms with E-state index in [0.29, 0.717) is 6.42 Å². The Morgan fingerprint density at radius 2 is 1.44 bits per heavy atom. The van der Waals surface area contributed by atoms with Gasteiger partial charge in [-0.2, -0.15) is 8.42 Å². The number of unbranched alkanes of at least 4 members (excludes halogenated alkanes) is 3. The topological polar surface area (TPSA) is 133 Å². The SMILES string of the molecule is C=C(C)C(=O)OCC(CCCCCC)(COC(=O)C(=C)C)C(=O)OCC(C)S(=O)(=O)O.[H-].[Na+]. The first-order valence-corrected chi connectivity index (χ1v) is 11.6. The maximum atomic E-state index is 13.0. The van der Waals surface area contributed by atoms with Crippen LogP contribution in [0.4, 0.5) is 0 Å². The fourth-order valence-electron chi connectivity index (χ4n) is 2.38. The molecule has 0 fully saturated rings. The monoisotopic (exact) mass is 486 g/mol. The van der Waals surface area contributed by atoms with Gasteiger partial charge in [-0.3, -0.25) is 9.35 Å². The molecule has 0 amide bonds. The number of carbonyl (C=O) groups is 3. The van der Waals surface area contributed by atoms with Gasteiger partial charge in [0.15, 0.2) is 0 Å². The van der Waals surface area contributed by atoms with Crippen LogP contribution in [0.1, 0.15) is 61.2 Å². The zero-order valence-corrected chi connectivity index (χ0v) is 22.6. The Balaban J connectivity index is -0.00000450. The summed E-state index contributed by atoms with van der Waals surface area (Å²) in [6, 6.07) is 0. The van der Waals surface area contributed by atoms with Gasteiger partial charge >= 0.3 is 47.5 Å². The third-order valence-electron chi connectivity index (χ3n) is 4.56. The first-order chi connectivity index (χ1) is 14.3. The van der Waals surface area contributed by atoms with E-state index in [1.165, 1.54) is 20.8 Å². The summed E-state index contributed by atoms with van der Waals surface area (Å²) in [4.78, 5) is 36.8. The van der Waals surface area contributed by atoms with E-state index in [9.17, 15) is 22.8 Å². The first-order valence-electron chi connectivity index (χ1n) is 10.1. The van der Waals surface area contributed by atoms with E-state index < -0.39 is 58.5 Å². The summed E-state index contributed by atoms with van der Waals surface area (Å²) in [5, 5.41) is -1.36. The molecule has 32 heavy (non-hydrogen) atoms. The van der Waals surface area contributed by atoms with Crippen LogP contribution in [-0.2, 0) is 38.7 Å². The molecule has 0 heterocycles. The van der Waals surface area contributed by atoms with E-state index in [1.807, 2.05) is 6.92 Å². The van der Waals surface area contributed by atoms with Crippen LogP contribution >= 0.6 is 0 Å². The third kappa shape index (κ3) is 12.2. The molecule has 1 N–H and O–H groups in total. The Morgan fingerprint density at radius 3 is 1.81 bits per heavy atom. The fraction of sp³-hybridized carbons (Fsp3) is 0.667. The van der Waals surface area contributed by atoms with Crippen molar-refractivity contribution in [1.29, 1.82) is 0 Å². The second-order valence-corrected chi connectivity index (χ2v) is 9.56. The smallest absolute Gasteiger partial charge is 1.00 e. The van der Waals surface area contributed by atoms with Gasteiger partial charge < -0.3 is 15.6 Å². The molecule has 0 aromatic rings. The molecule has 0 aliphatic carbocycles. The van der Waals surface area contributed by atoms with E-state index >= 15 is 0 Å². The Hall–Kier alpha value is -1.20. The van der Waals surface area contributed by atoms with Crippen molar-refractivity contribution in [3.05, 3.63) is 24.3 Å². The van der Waals surface area contributed by atoms with Crippen molar-refractivity contribution in [3.63, 3.8) is 0 Å². The Morgan fingerprint density at radius 1 is 0.969 bits per heavy atom. The average Bonchev–Trinajstić information content (AvgIpc) is 2.68. The summed E-state index contributed by atoms with van der Waals surface area (Å²) in [5.41, 5.74) is -1.32. The molecule has 0 saturated carbocycles. The average molecular weight is 487 g/mol. The molecule has 0 saturated heterocycles. The second-order valence-electron chi connectivity index (χ2n) is 7.73. The van der Waals surface area contributed by atoms with Crippen LogP contribution in [0.15, 0.2) is 24.3 Å². The molecule has 1 unspecified atom stereocenters. The standard InChI is InChI=1S/C21H34O9S.Na.H/c1-7-8-9-10-11-21(13-29-18(22)15(2)3,14-30-19(23)16(4)5)20(24)28-12-17(6)31(25,26)27;;/h17H,2,4,7-14H2,1,3,5-6H3,(H,25,26,27);;/q;+1;-1. The van der Waals surface area contributed by atoms with Crippen molar-refractivity contribution in [3.8, 4) is 0 Å².